The predicted molar refractivity (Wildman–Crippen MR) is 77.8 cm³/mol. The van der Waals surface area contributed by atoms with Crippen LogP contribution in [0.3, 0.4) is 0 Å². The van der Waals surface area contributed by atoms with Crippen LogP contribution in [-0.2, 0) is 4.74 Å². The van der Waals surface area contributed by atoms with Gasteiger partial charge in [0.15, 0.2) is 0 Å². The van der Waals surface area contributed by atoms with E-state index in [9.17, 15) is 0 Å². The minimum atomic E-state index is -0.215. The molecule has 108 valence electrons. The molecule has 1 fully saturated rings. The molecule has 0 aromatic rings. The van der Waals surface area contributed by atoms with E-state index >= 15 is 0 Å². The lowest BCUT2D eigenvalue weighted by atomic mass is 9.78. The molecule has 0 aromatic carbocycles. The van der Waals surface area contributed by atoms with Crippen LogP contribution in [0.4, 0.5) is 0 Å². The molecule has 18 heavy (non-hydrogen) atoms. The Hall–Kier alpha value is -0.120. The highest BCUT2D eigenvalue weighted by atomic mass is 16.5. The van der Waals surface area contributed by atoms with Crippen molar-refractivity contribution in [3.8, 4) is 0 Å². The predicted octanol–water partition coefficient (Wildman–Crippen LogP) is 2.64. The molecule has 1 heterocycles. The molecule has 3 nitrogen and oxygen atoms in total. The molecule has 0 spiro atoms. The molecule has 3 heteroatoms. The fourth-order valence-corrected chi connectivity index (χ4v) is 2.49. The Kier molecular flexibility index (Phi) is 5.63. The van der Waals surface area contributed by atoms with Crippen LogP contribution in [-0.4, -0.2) is 43.3 Å². The quantitative estimate of drug-likeness (QED) is 0.794. The van der Waals surface area contributed by atoms with Gasteiger partial charge in [-0.05, 0) is 58.2 Å². The van der Waals surface area contributed by atoms with Crippen LogP contribution >= 0.6 is 0 Å². The zero-order valence-corrected chi connectivity index (χ0v) is 13.0. The summed E-state index contributed by atoms with van der Waals surface area (Å²) in [5.74, 6) is 0. The Bertz CT molecular complexity index is 245. The van der Waals surface area contributed by atoms with Gasteiger partial charge in [-0.2, -0.15) is 0 Å². The van der Waals surface area contributed by atoms with Crippen LogP contribution in [0.25, 0.3) is 0 Å². The van der Waals surface area contributed by atoms with Gasteiger partial charge in [0.1, 0.15) is 0 Å². The molecular weight excluding hydrogens is 224 g/mol. The highest BCUT2D eigenvalue weighted by Crippen LogP contribution is 2.33. The van der Waals surface area contributed by atoms with Crippen LogP contribution in [0.1, 0.15) is 53.4 Å². The van der Waals surface area contributed by atoms with Crippen molar-refractivity contribution in [2.24, 2.45) is 11.1 Å². The first-order valence-corrected chi connectivity index (χ1v) is 7.36. The van der Waals surface area contributed by atoms with E-state index in [1.807, 2.05) is 0 Å². The molecule has 0 radical (unpaired) electrons. The fraction of sp³-hybridized carbons (Fsp3) is 1.00. The van der Waals surface area contributed by atoms with Crippen molar-refractivity contribution in [2.45, 2.75) is 65.0 Å². The Morgan fingerprint density at radius 2 is 1.89 bits per heavy atom. The third-order valence-corrected chi connectivity index (χ3v) is 5.09. The number of hydrogen-bond donors (Lipinski definition) is 1. The van der Waals surface area contributed by atoms with Crippen molar-refractivity contribution >= 4 is 0 Å². The first-order chi connectivity index (χ1) is 8.33. The van der Waals surface area contributed by atoms with Crippen molar-refractivity contribution in [1.82, 2.24) is 4.90 Å². The van der Waals surface area contributed by atoms with Crippen molar-refractivity contribution in [2.75, 3.05) is 26.7 Å². The molecule has 0 aliphatic carbocycles. The highest BCUT2D eigenvalue weighted by molar-refractivity contribution is 4.85. The summed E-state index contributed by atoms with van der Waals surface area (Å²) >= 11 is 0. The summed E-state index contributed by atoms with van der Waals surface area (Å²) in [5, 5.41) is 0. The molecule has 0 amide bonds. The van der Waals surface area contributed by atoms with E-state index in [1.54, 1.807) is 7.11 Å². The standard InChI is InChI=1S/C15H32N2O/c1-6-15(4)8-11-17(12-9-15)10-7-13(16)14(2,3)18-5/h13H,6-12,16H2,1-5H3. The van der Waals surface area contributed by atoms with E-state index in [1.165, 1.54) is 32.4 Å². The summed E-state index contributed by atoms with van der Waals surface area (Å²) in [6.45, 7) is 12.4. The van der Waals surface area contributed by atoms with E-state index in [0.717, 1.165) is 13.0 Å². The van der Waals surface area contributed by atoms with E-state index in [0.29, 0.717) is 5.41 Å². The summed E-state index contributed by atoms with van der Waals surface area (Å²) in [4.78, 5) is 2.56. The average molecular weight is 256 g/mol. The van der Waals surface area contributed by atoms with E-state index in [-0.39, 0.29) is 11.6 Å². The summed E-state index contributed by atoms with van der Waals surface area (Å²) < 4.78 is 5.45. The summed E-state index contributed by atoms with van der Waals surface area (Å²) in [6, 6.07) is 0.113. The van der Waals surface area contributed by atoms with E-state index in [2.05, 4.69) is 32.6 Å². The SMILES string of the molecule is CCC1(C)CCN(CCC(N)C(C)(C)OC)CC1. The smallest absolute Gasteiger partial charge is 0.0773 e. The minimum Gasteiger partial charge on any atom is -0.377 e. The largest absolute Gasteiger partial charge is 0.377 e. The summed E-state index contributed by atoms with van der Waals surface area (Å²) in [7, 11) is 1.74. The van der Waals surface area contributed by atoms with Crippen LogP contribution in [0.5, 0.6) is 0 Å². The van der Waals surface area contributed by atoms with Crippen molar-refractivity contribution < 1.29 is 4.74 Å². The van der Waals surface area contributed by atoms with Crippen molar-refractivity contribution in [1.29, 1.82) is 0 Å². The Morgan fingerprint density at radius 1 is 1.33 bits per heavy atom. The van der Waals surface area contributed by atoms with E-state index in [4.69, 9.17) is 10.5 Å². The normalized spacial score (nSPS) is 23.0. The lowest BCUT2D eigenvalue weighted by Gasteiger charge is -2.40. The van der Waals surface area contributed by atoms with Crippen LogP contribution < -0.4 is 5.73 Å². The number of ether oxygens (including phenoxy) is 1. The molecule has 1 unspecified atom stereocenters. The highest BCUT2D eigenvalue weighted by Gasteiger charge is 2.30. The zero-order chi connectivity index (χ0) is 13.8. The first-order valence-electron chi connectivity index (χ1n) is 7.36. The third-order valence-electron chi connectivity index (χ3n) is 5.09. The van der Waals surface area contributed by atoms with Crippen molar-refractivity contribution in [3.05, 3.63) is 0 Å². The number of piperidine rings is 1. The molecule has 1 atom stereocenters. The topological polar surface area (TPSA) is 38.5 Å². The molecule has 1 aliphatic rings. The Labute approximate surface area is 113 Å². The van der Waals surface area contributed by atoms with Crippen LogP contribution in [0.15, 0.2) is 0 Å². The van der Waals surface area contributed by atoms with Gasteiger partial charge in [-0.15, -0.1) is 0 Å². The van der Waals surface area contributed by atoms with Gasteiger partial charge in [0.2, 0.25) is 0 Å². The van der Waals surface area contributed by atoms with Crippen molar-refractivity contribution in [3.63, 3.8) is 0 Å². The van der Waals surface area contributed by atoms with Crippen LogP contribution in [0, 0.1) is 5.41 Å². The van der Waals surface area contributed by atoms with Gasteiger partial charge >= 0.3 is 0 Å². The van der Waals surface area contributed by atoms with Gasteiger partial charge < -0.3 is 15.4 Å². The molecule has 1 rings (SSSR count). The molecule has 1 saturated heterocycles. The number of methoxy groups -OCH3 is 1. The minimum absolute atomic E-state index is 0.113. The molecule has 1 aliphatic heterocycles. The van der Waals surface area contributed by atoms with Gasteiger partial charge in [0, 0.05) is 13.2 Å². The summed E-state index contributed by atoms with van der Waals surface area (Å²) in [6.07, 6.45) is 4.97. The molecule has 2 N–H and O–H groups in total. The number of likely N-dealkylation sites (tertiary alicyclic amines) is 1. The molecule has 0 saturated carbocycles. The lowest BCUT2D eigenvalue weighted by molar-refractivity contribution is -0.00532. The fourth-order valence-electron chi connectivity index (χ4n) is 2.49. The number of hydrogen-bond acceptors (Lipinski definition) is 3. The maximum absolute atomic E-state index is 6.21. The zero-order valence-electron chi connectivity index (χ0n) is 13.0. The number of rotatable bonds is 6. The number of nitrogens with two attached hydrogens (primary N) is 1. The van der Waals surface area contributed by atoms with Gasteiger partial charge in [-0.3, -0.25) is 0 Å². The second-order valence-electron chi connectivity index (χ2n) is 6.71. The maximum atomic E-state index is 6.21. The monoisotopic (exact) mass is 256 g/mol. The Balaban J connectivity index is 2.30. The van der Waals surface area contributed by atoms with Gasteiger partial charge in [0.05, 0.1) is 5.60 Å². The molecular formula is C15H32N2O. The first kappa shape index (κ1) is 15.9. The second kappa shape index (κ2) is 6.36. The Morgan fingerprint density at radius 3 is 2.33 bits per heavy atom. The molecule has 0 aromatic heterocycles. The van der Waals surface area contributed by atoms with Gasteiger partial charge in [-0.25, -0.2) is 0 Å². The van der Waals surface area contributed by atoms with E-state index < -0.39 is 0 Å². The molecule has 0 bridgehead atoms. The van der Waals surface area contributed by atoms with Gasteiger partial charge in [-0.1, -0.05) is 20.3 Å². The lowest BCUT2D eigenvalue weighted by Crippen LogP contribution is -2.47. The summed E-state index contributed by atoms with van der Waals surface area (Å²) in [5.41, 5.74) is 6.57. The van der Waals surface area contributed by atoms with Crippen LogP contribution in [0.2, 0.25) is 0 Å². The average Bonchev–Trinajstić information content (AvgIpc) is 2.37. The second-order valence-corrected chi connectivity index (χ2v) is 6.71. The third kappa shape index (κ3) is 4.22. The van der Waals surface area contributed by atoms with Gasteiger partial charge in [0.25, 0.3) is 0 Å². The maximum Gasteiger partial charge on any atom is 0.0773 e. The number of nitrogens with zero attached hydrogens (tertiary/aromatic N) is 1.